The van der Waals surface area contributed by atoms with Crippen molar-refractivity contribution in [3.05, 3.63) is 71.8 Å². The van der Waals surface area contributed by atoms with Gasteiger partial charge in [0.15, 0.2) is 5.96 Å². The number of fused-ring (bicyclic) bond motifs is 2. The Morgan fingerprint density at radius 3 is 2.21 bits per heavy atom. The number of guanidine groups is 1. The van der Waals surface area contributed by atoms with Crippen molar-refractivity contribution >= 4 is 35.8 Å². The molecule has 3 atom stereocenters. The van der Waals surface area contributed by atoms with Gasteiger partial charge in [-0.25, -0.2) is 4.99 Å². The number of carbonyl (C=O) groups excluding carboxylic acids is 1. The molecule has 2 fully saturated rings. The fourth-order valence-corrected chi connectivity index (χ4v) is 5.09. The van der Waals surface area contributed by atoms with E-state index in [1.807, 2.05) is 18.2 Å². The van der Waals surface area contributed by atoms with Gasteiger partial charge in [0.2, 0.25) is 5.91 Å². The molecule has 2 aromatic carbocycles. The largest absolute Gasteiger partial charge is 0.354 e. The standard InChI is InChI=1S/C27H37N5O.HI/c1-20(22-12-8-5-9-13-22)29-27(28-18-26(33)31(2)3)30-23-16-24-14-15-25(17-23)32(24)19-21-10-6-4-7-11-21;/h4-13,20,23-25H,14-19H2,1-3H3,(H2,28,29,30);1H. The third-order valence-corrected chi connectivity index (χ3v) is 6.96. The maximum atomic E-state index is 12.2. The van der Waals surface area contributed by atoms with Gasteiger partial charge in [0, 0.05) is 38.8 Å². The molecule has 2 bridgehead atoms. The molecule has 2 heterocycles. The molecule has 1 amide bonds. The molecule has 2 aliphatic rings. The fourth-order valence-electron chi connectivity index (χ4n) is 5.09. The quantitative estimate of drug-likeness (QED) is 0.296. The monoisotopic (exact) mass is 575 g/mol. The number of aliphatic imine (C=N–C) groups is 1. The van der Waals surface area contributed by atoms with Crippen LogP contribution in [0.3, 0.4) is 0 Å². The molecule has 2 saturated heterocycles. The zero-order valence-corrected chi connectivity index (χ0v) is 22.8. The van der Waals surface area contributed by atoms with Gasteiger partial charge in [0.25, 0.3) is 0 Å². The lowest BCUT2D eigenvalue weighted by Gasteiger charge is -2.40. The van der Waals surface area contributed by atoms with Crippen LogP contribution in [-0.4, -0.2) is 60.4 Å². The number of nitrogens with one attached hydrogen (secondary N) is 2. The van der Waals surface area contributed by atoms with Gasteiger partial charge in [-0.05, 0) is 43.7 Å². The van der Waals surface area contributed by atoms with Gasteiger partial charge in [-0.1, -0.05) is 60.7 Å². The molecule has 2 aliphatic heterocycles. The van der Waals surface area contributed by atoms with Gasteiger partial charge < -0.3 is 15.5 Å². The van der Waals surface area contributed by atoms with Crippen LogP contribution in [0.1, 0.15) is 49.8 Å². The second-order valence-electron chi connectivity index (χ2n) is 9.59. The zero-order chi connectivity index (χ0) is 23.2. The van der Waals surface area contributed by atoms with Crippen LogP contribution < -0.4 is 10.6 Å². The lowest BCUT2D eigenvalue weighted by atomic mass is 9.96. The molecule has 184 valence electrons. The second kappa shape index (κ2) is 12.5. The topological polar surface area (TPSA) is 60.0 Å². The van der Waals surface area contributed by atoms with Crippen LogP contribution in [0.25, 0.3) is 0 Å². The summed E-state index contributed by atoms with van der Waals surface area (Å²) in [6.07, 6.45) is 4.72. The Bertz CT molecular complexity index is 923. The van der Waals surface area contributed by atoms with E-state index in [9.17, 15) is 4.79 Å². The number of rotatable bonds is 7. The molecule has 4 rings (SSSR count). The summed E-state index contributed by atoms with van der Waals surface area (Å²) < 4.78 is 0. The number of hydrogen-bond acceptors (Lipinski definition) is 3. The lowest BCUT2D eigenvalue weighted by molar-refractivity contribution is -0.127. The average molecular weight is 576 g/mol. The smallest absolute Gasteiger partial charge is 0.243 e. The molecule has 6 nitrogen and oxygen atoms in total. The minimum atomic E-state index is 0. The first-order chi connectivity index (χ1) is 16.0. The highest BCUT2D eigenvalue weighted by atomic mass is 127. The number of carbonyl (C=O) groups is 1. The summed E-state index contributed by atoms with van der Waals surface area (Å²) in [5, 5.41) is 7.21. The Labute approximate surface area is 221 Å². The van der Waals surface area contributed by atoms with E-state index < -0.39 is 0 Å². The van der Waals surface area contributed by atoms with Crippen molar-refractivity contribution in [3.8, 4) is 0 Å². The lowest BCUT2D eigenvalue weighted by Crippen LogP contribution is -2.52. The van der Waals surface area contributed by atoms with Crippen molar-refractivity contribution in [2.75, 3.05) is 20.6 Å². The van der Waals surface area contributed by atoms with Crippen molar-refractivity contribution in [1.82, 2.24) is 20.4 Å². The number of hydrogen-bond donors (Lipinski definition) is 2. The normalized spacial score (nSPS) is 23.0. The minimum Gasteiger partial charge on any atom is -0.354 e. The third-order valence-electron chi connectivity index (χ3n) is 6.96. The summed E-state index contributed by atoms with van der Waals surface area (Å²) >= 11 is 0. The van der Waals surface area contributed by atoms with Crippen LogP contribution in [0.5, 0.6) is 0 Å². The Kier molecular flexibility index (Phi) is 9.76. The van der Waals surface area contributed by atoms with Crippen molar-refractivity contribution < 1.29 is 4.79 Å². The number of halogens is 1. The van der Waals surface area contributed by atoms with E-state index in [-0.39, 0.29) is 42.5 Å². The highest BCUT2D eigenvalue weighted by Crippen LogP contribution is 2.36. The van der Waals surface area contributed by atoms with E-state index in [4.69, 9.17) is 0 Å². The summed E-state index contributed by atoms with van der Waals surface area (Å²) in [6.45, 7) is 3.31. The van der Waals surface area contributed by atoms with E-state index in [0.717, 1.165) is 25.3 Å². The molecule has 2 aromatic rings. The molecule has 3 unspecified atom stereocenters. The third kappa shape index (κ3) is 6.95. The Balaban J connectivity index is 0.00000324. The summed E-state index contributed by atoms with van der Waals surface area (Å²) in [7, 11) is 3.54. The van der Waals surface area contributed by atoms with Crippen molar-refractivity contribution in [3.63, 3.8) is 0 Å². The van der Waals surface area contributed by atoms with Gasteiger partial charge in [0.05, 0.1) is 6.04 Å². The molecule has 0 spiro atoms. The van der Waals surface area contributed by atoms with Crippen LogP contribution in [0.2, 0.25) is 0 Å². The second-order valence-corrected chi connectivity index (χ2v) is 9.59. The Hall–Kier alpha value is -2.13. The molecule has 34 heavy (non-hydrogen) atoms. The van der Waals surface area contributed by atoms with Crippen molar-refractivity contribution in [2.24, 2.45) is 4.99 Å². The Morgan fingerprint density at radius 1 is 1.03 bits per heavy atom. The van der Waals surface area contributed by atoms with E-state index >= 15 is 0 Å². The highest BCUT2D eigenvalue weighted by molar-refractivity contribution is 14.0. The number of likely N-dealkylation sites (N-methyl/N-ethyl adjacent to an activating group) is 1. The first-order valence-corrected chi connectivity index (χ1v) is 12.1. The van der Waals surface area contributed by atoms with E-state index in [2.05, 4.69) is 69.9 Å². The van der Waals surface area contributed by atoms with E-state index in [1.54, 1.807) is 19.0 Å². The van der Waals surface area contributed by atoms with Crippen LogP contribution in [-0.2, 0) is 11.3 Å². The van der Waals surface area contributed by atoms with Crippen LogP contribution >= 0.6 is 24.0 Å². The summed E-state index contributed by atoms with van der Waals surface area (Å²) in [4.78, 5) is 21.1. The molecule has 2 N–H and O–H groups in total. The van der Waals surface area contributed by atoms with Gasteiger partial charge in [-0.2, -0.15) is 0 Å². The van der Waals surface area contributed by atoms with Gasteiger partial charge in [-0.3, -0.25) is 9.69 Å². The highest BCUT2D eigenvalue weighted by Gasteiger charge is 2.40. The average Bonchev–Trinajstić information content (AvgIpc) is 3.05. The fraction of sp³-hybridized carbons (Fsp3) is 0.481. The number of nitrogens with zero attached hydrogens (tertiary/aromatic N) is 3. The Morgan fingerprint density at radius 2 is 1.62 bits per heavy atom. The molecular formula is C27H38IN5O. The predicted molar refractivity (Wildman–Crippen MR) is 149 cm³/mol. The maximum Gasteiger partial charge on any atom is 0.243 e. The van der Waals surface area contributed by atoms with E-state index in [1.165, 1.54) is 24.0 Å². The number of piperidine rings is 1. The number of benzene rings is 2. The summed E-state index contributed by atoms with van der Waals surface area (Å²) in [5.41, 5.74) is 2.59. The zero-order valence-electron chi connectivity index (χ0n) is 20.5. The molecule has 0 aliphatic carbocycles. The van der Waals surface area contributed by atoms with Gasteiger partial charge >= 0.3 is 0 Å². The minimum absolute atomic E-state index is 0. The summed E-state index contributed by atoms with van der Waals surface area (Å²) in [5.74, 6) is 0.726. The number of amides is 1. The van der Waals surface area contributed by atoms with Crippen LogP contribution in [0, 0.1) is 0 Å². The molecule has 0 aromatic heterocycles. The van der Waals surface area contributed by atoms with Crippen molar-refractivity contribution in [2.45, 2.75) is 63.3 Å². The van der Waals surface area contributed by atoms with E-state index in [0.29, 0.717) is 18.1 Å². The van der Waals surface area contributed by atoms with Gasteiger partial charge in [-0.15, -0.1) is 24.0 Å². The predicted octanol–water partition coefficient (Wildman–Crippen LogP) is 4.18. The van der Waals surface area contributed by atoms with Gasteiger partial charge in [0.1, 0.15) is 6.54 Å². The first-order valence-electron chi connectivity index (χ1n) is 12.1. The molecule has 7 heteroatoms. The SMILES string of the molecule is CC(NC(=NCC(=O)N(C)C)NC1CC2CCC(C1)N2Cc1ccccc1)c1ccccc1.I. The molecule has 0 radical (unpaired) electrons. The van der Waals surface area contributed by atoms with Crippen LogP contribution in [0.15, 0.2) is 65.7 Å². The summed E-state index contributed by atoms with van der Waals surface area (Å²) in [6, 6.07) is 22.8. The van der Waals surface area contributed by atoms with Crippen molar-refractivity contribution in [1.29, 1.82) is 0 Å². The molecular weight excluding hydrogens is 537 g/mol. The maximum absolute atomic E-state index is 12.2. The van der Waals surface area contributed by atoms with Crippen LogP contribution in [0.4, 0.5) is 0 Å². The molecule has 0 saturated carbocycles. The first kappa shape index (κ1) is 26.5.